The number of urea groups is 1. The standard InChI is InChI=1S/C18H15FN2O2/c19-14-7-8-15(13-4-2-1-3-12(13)14)21-17(22)16-10-5-6-11(9-10)20(16)18(21)23/h1-4,7-8,10-11,16H,5-6,9H2. The summed E-state index contributed by atoms with van der Waals surface area (Å²) in [6, 6.07) is 9.47. The third-order valence-electron chi connectivity index (χ3n) is 5.56. The van der Waals surface area contributed by atoms with E-state index in [0.29, 0.717) is 16.5 Å². The van der Waals surface area contributed by atoms with Crippen LogP contribution in [0.1, 0.15) is 19.3 Å². The van der Waals surface area contributed by atoms with Crippen LogP contribution in [0.4, 0.5) is 14.9 Å². The molecule has 3 aliphatic rings. The number of imide groups is 1. The highest BCUT2D eigenvalue weighted by Gasteiger charge is 2.59. The number of amides is 3. The SMILES string of the molecule is O=C1C2C3CCC(C3)N2C(=O)N1c1ccc(F)c2ccccc12. The van der Waals surface area contributed by atoms with Gasteiger partial charge in [0.1, 0.15) is 11.9 Å². The fraction of sp³-hybridized carbons (Fsp3) is 0.333. The van der Waals surface area contributed by atoms with E-state index in [1.54, 1.807) is 29.2 Å². The van der Waals surface area contributed by atoms with E-state index < -0.39 is 0 Å². The van der Waals surface area contributed by atoms with Crippen LogP contribution in [0.15, 0.2) is 36.4 Å². The largest absolute Gasteiger partial charge is 0.332 e. The molecule has 2 saturated heterocycles. The summed E-state index contributed by atoms with van der Waals surface area (Å²) >= 11 is 0. The van der Waals surface area contributed by atoms with Crippen LogP contribution < -0.4 is 4.90 Å². The van der Waals surface area contributed by atoms with Crippen LogP contribution in [-0.2, 0) is 4.79 Å². The number of halogens is 1. The van der Waals surface area contributed by atoms with Gasteiger partial charge in [0.05, 0.1) is 5.69 Å². The van der Waals surface area contributed by atoms with E-state index in [1.807, 2.05) is 0 Å². The van der Waals surface area contributed by atoms with Gasteiger partial charge in [0.25, 0.3) is 5.91 Å². The molecule has 1 saturated carbocycles. The Bertz CT molecular complexity index is 837. The summed E-state index contributed by atoms with van der Waals surface area (Å²) in [4.78, 5) is 28.8. The van der Waals surface area contributed by atoms with E-state index >= 15 is 0 Å². The molecule has 1 aliphatic carbocycles. The van der Waals surface area contributed by atoms with Gasteiger partial charge in [-0.2, -0.15) is 0 Å². The second-order valence-electron chi connectivity index (χ2n) is 6.65. The molecular formula is C18H15FN2O2. The molecule has 2 aromatic rings. The van der Waals surface area contributed by atoms with Crippen molar-refractivity contribution in [3.05, 3.63) is 42.2 Å². The molecule has 5 heteroatoms. The molecule has 2 heterocycles. The fourth-order valence-corrected chi connectivity index (χ4v) is 4.59. The second kappa shape index (κ2) is 4.31. The van der Waals surface area contributed by atoms with E-state index in [0.717, 1.165) is 19.3 Å². The van der Waals surface area contributed by atoms with E-state index in [-0.39, 0.29) is 35.8 Å². The van der Waals surface area contributed by atoms with Crippen molar-refractivity contribution in [2.24, 2.45) is 5.92 Å². The Labute approximate surface area is 132 Å². The zero-order chi connectivity index (χ0) is 15.7. The molecule has 0 aromatic heterocycles. The lowest BCUT2D eigenvalue weighted by molar-refractivity contribution is -0.120. The van der Waals surface area contributed by atoms with Crippen LogP contribution in [0.25, 0.3) is 10.8 Å². The van der Waals surface area contributed by atoms with E-state index in [9.17, 15) is 14.0 Å². The van der Waals surface area contributed by atoms with Gasteiger partial charge in [0.15, 0.2) is 0 Å². The summed E-state index contributed by atoms with van der Waals surface area (Å²) < 4.78 is 14.0. The molecule has 0 radical (unpaired) electrons. The van der Waals surface area contributed by atoms with Gasteiger partial charge in [-0.05, 0) is 37.3 Å². The van der Waals surface area contributed by atoms with Gasteiger partial charge in [-0.3, -0.25) is 4.79 Å². The smallest absolute Gasteiger partial charge is 0.309 e. The molecule has 116 valence electrons. The Balaban J connectivity index is 1.67. The number of rotatable bonds is 1. The van der Waals surface area contributed by atoms with E-state index in [2.05, 4.69) is 0 Å². The summed E-state index contributed by atoms with van der Waals surface area (Å²) in [7, 11) is 0. The lowest BCUT2D eigenvalue weighted by atomic mass is 9.99. The predicted octanol–water partition coefficient (Wildman–Crippen LogP) is 3.30. The fourth-order valence-electron chi connectivity index (χ4n) is 4.59. The predicted molar refractivity (Wildman–Crippen MR) is 83.5 cm³/mol. The van der Waals surface area contributed by atoms with Crippen molar-refractivity contribution in [2.45, 2.75) is 31.3 Å². The van der Waals surface area contributed by atoms with Crippen molar-refractivity contribution >= 4 is 28.4 Å². The lowest BCUT2D eigenvalue weighted by Crippen LogP contribution is -2.40. The van der Waals surface area contributed by atoms with Crippen LogP contribution in [0, 0.1) is 11.7 Å². The average molecular weight is 310 g/mol. The number of hydrogen-bond donors (Lipinski definition) is 0. The summed E-state index contributed by atoms with van der Waals surface area (Å²) in [5, 5.41) is 1.03. The normalized spacial score (nSPS) is 29.0. The van der Waals surface area contributed by atoms with Crippen molar-refractivity contribution in [1.82, 2.24) is 4.90 Å². The highest BCUT2D eigenvalue weighted by Crippen LogP contribution is 2.47. The van der Waals surface area contributed by atoms with Crippen molar-refractivity contribution in [2.75, 3.05) is 4.90 Å². The number of anilines is 1. The number of piperidine rings is 1. The molecule has 3 atom stereocenters. The van der Waals surface area contributed by atoms with Gasteiger partial charge < -0.3 is 4.90 Å². The summed E-state index contributed by atoms with van der Waals surface area (Å²) in [6.07, 6.45) is 2.95. The molecule has 2 aromatic carbocycles. The highest BCUT2D eigenvalue weighted by atomic mass is 19.1. The average Bonchev–Trinajstić information content (AvgIpc) is 3.24. The van der Waals surface area contributed by atoms with Gasteiger partial charge >= 0.3 is 6.03 Å². The summed E-state index contributed by atoms with van der Waals surface area (Å²) in [5.41, 5.74) is 0.491. The lowest BCUT2D eigenvalue weighted by Gasteiger charge is -2.25. The Kier molecular flexibility index (Phi) is 2.45. The molecule has 2 aliphatic heterocycles. The molecule has 0 N–H and O–H groups in total. The van der Waals surface area contributed by atoms with Crippen molar-refractivity contribution in [1.29, 1.82) is 0 Å². The Morgan fingerprint density at radius 2 is 1.78 bits per heavy atom. The number of carbonyl (C=O) groups excluding carboxylic acids is 2. The first-order valence-electron chi connectivity index (χ1n) is 8.00. The van der Waals surface area contributed by atoms with Gasteiger partial charge in [-0.1, -0.05) is 24.3 Å². The molecule has 4 nitrogen and oxygen atoms in total. The van der Waals surface area contributed by atoms with Crippen molar-refractivity contribution in [3.63, 3.8) is 0 Å². The molecule has 0 spiro atoms. The number of nitrogens with zero attached hydrogens (tertiary/aromatic N) is 2. The molecule has 3 unspecified atom stereocenters. The molecule has 5 rings (SSSR count). The molecule has 2 bridgehead atoms. The Morgan fingerprint density at radius 3 is 2.57 bits per heavy atom. The monoisotopic (exact) mass is 310 g/mol. The maximum Gasteiger partial charge on any atom is 0.332 e. The number of carbonyl (C=O) groups is 2. The van der Waals surface area contributed by atoms with Crippen LogP contribution in [0.2, 0.25) is 0 Å². The maximum absolute atomic E-state index is 14.0. The topological polar surface area (TPSA) is 40.6 Å². The van der Waals surface area contributed by atoms with E-state index in [4.69, 9.17) is 0 Å². The van der Waals surface area contributed by atoms with Gasteiger partial charge in [0.2, 0.25) is 0 Å². The zero-order valence-electron chi connectivity index (χ0n) is 12.4. The summed E-state index contributed by atoms with van der Waals surface area (Å²) in [5.74, 6) is -0.212. The van der Waals surface area contributed by atoms with Crippen LogP contribution in [-0.4, -0.2) is 28.9 Å². The first-order chi connectivity index (χ1) is 11.2. The highest BCUT2D eigenvalue weighted by molar-refractivity contribution is 6.24. The minimum absolute atomic E-state index is 0.154. The van der Waals surface area contributed by atoms with Gasteiger partial charge in [-0.25, -0.2) is 14.1 Å². The van der Waals surface area contributed by atoms with Gasteiger partial charge in [-0.15, -0.1) is 0 Å². The Hall–Kier alpha value is -2.43. The molecule has 3 amide bonds. The first-order valence-corrected chi connectivity index (χ1v) is 8.00. The first kappa shape index (κ1) is 13.0. The second-order valence-corrected chi connectivity index (χ2v) is 6.65. The van der Waals surface area contributed by atoms with Crippen molar-refractivity contribution in [3.8, 4) is 0 Å². The molecular weight excluding hydrogens is 295 g/mol. The van der Waals surface area contributed by atoms with Crippen LogP contribution >= 0.6 is 0 Å². The third kappa shape index (κ3) is 1.54. The van der Waals surface area contributed by atoms with E-state index in [1.165, 1.54) is 17.0 Å². The number of hydrogen-bond acceptors (Lipinski definition) is 2. The molecule has 3 fully saturated rings. The van der Waals surface area contributed by atoms with Crippen LogP contribution in [0.3, 0.4) is 0 Å². The maximum atomic E-state index is 14.0. The summed E-state index contributed by atoms with van der Waals surface area (Å²) in [6.45, 7) is 0. The minimum Gasteiger partial charge on any atom is -0.309 e. The van der Waals surface area contributed by atoms with Crippen LogP contribution in [0.5, 0.6) is 0 Å². The zero-order valence-corrected chi connectivity index (χ0v) is 12.4. The Morgan fingerprint density at radius 1 is 1.00 bits per heavy atom. The third-order valence-corrected chi connectivity index (χ3v) is 5.56. The van der Waals surface area contributed by atoms with Crippen molar-refractivity contribution < 1.29 is 14.0 Å². The quantitative estimate of drug-likeness (QED) is 0.758. The number of fused-ring (bicyclic) bond motifs is 6. The number of benzene rings is 2. The molecule has 23 heavy (non-hydrogen) atoms. The minimum atomic E-state index is -0.344. The van der Waals surface area contributed by atoms with Gasteiger partial charge in [0, 0.05) is 16.8 Å².